The highest BCUT2D eigenvalue weighted by atomic mass is 19.1. The highest BCUT2D eigenvalue weighted by Gasteiger charge is 2.11. The molecule has 2 rings (SSSR count). The van der Waals surface area contributed by atoms with Crippen molar-refractivity contribution in [1.29, 1.82) is 0 Å². The third-order valence-electron chi connectivity index (χ3n) is 3.72. The van der Waals surface area contributed by atoms with Crippen LogP contribution in [-0.4, -0.2) is 6.54 Å². The molecule has 2 heteroatoms. The van der Waals surface area contributed by atoms with Crippen LogP contribution in [0.25, 0.3) is 11.1 Å². The lowest BCUT2D eigenvalue weighted by atomic mass is 9.97. The Labute approximate surface area is 127 Å². The van der Waals surface area contributed by atoms with Crippen molar-refractivity contribution in [1.82, 2.24) is 5.32 Å². The maximum atomic E-state index is 14.2. The molecule has 0 aromatic heterocycles. The molecule has 0 aliphatic carbocycles. The fourth-order valence-electron chi connectivity index (χ4n) is 2.64. The SMILES string of the molecule is CCCNC(C)c1ccc(F)c(-c2cc(C)cc(C)c2)c1. The van der Waals surface area contributed by atoms with E-state index in [0.29, 0.717) is 5.56 Å². The molecule has 2 aromatic carbocycles. The van der Waals surface area contributed by atoms with Crippen LogP contribution in [0, 0.1) is 19.7 Å². The number of hydrogen-bond acceptors (Lipinski definition) is 1. The maximum absolute atomic E-state index is 14.2. The van der Waals surface area contributed by atoms with E-state index in [4.69, 9.17) is 0 Å². The lowest BCUT2D eigenvalue weighted by Gasteiger charge is -2.16. The Morgan fingerprint density at radius 1 is 1.05 bits per heavy atom. The molecule has 0 aliphatic rings. The van der Waals surface area contributed by atoms with Crippen molar-refractivity contribution in [2.45, 2.75) is 40.2 Å². The van der Waals surface area contributed by atoms with Gasteiger partial charge in [-0.1, -0.05) is 42.3 Å². The van der Waals surface area contributed by atoms with Gasteiger partial charge in [0.2, 0.25) is 0 Å². The molecule has 0 bridgehead atoms. The molecule has 0 fully saturated rings. The van der Waals surface area contributed by atoms with E-state index >= 15 is 0 Å². The lowest BCUT2D eigenvalue weighted by molar-refractivity contribution is 0.568. The summed E-state index contributed by atoms with van der Waals surface area (Å²) in [7, 11) is 0. The van der Waals surface area contributed by atoms with Crippen LogP contribution in [0.1, 0.15) is 43.0 Å². The van der Waals surface area contributed by atoms with Gasteiger partial charge in [0.1, 0.15) is 5.82 Å². The van der Waals surface area contributed by atoms with Gasteiger partial charge < -0.3 is 5.32 Å². The molecule has 0 saturated carbocycles. The summed E-state index contributed by atoms with van der Waals surface area (Å²) in [5, 5.41) is 3.45. The van der Waals surface area contributed by atoms with E-state index in [2.05, 4.69) is 25.2 Å². The van der Waals surface area contributed by atoms with Gasteiger partial charge >= 0.3 is 0 Å². The van der Waals surface area contributed by atoms with E-state index in [1.807, 2.05) is 38.1 Å². The lowest BCUT2D eigenvalue weighted by Crippen LogP contribution is -2.19. The van der Waals surface area contributed by atoms with E-state index < -0.39 is 0 Å². The minimum atomic E-state index is -0.161. The Balaban J connectivity index is 2.39. The average molecular weight is 285 g/mol. The van der Waals surface area contributed by atoms with E-state index in [1.54, 1.807) is 6.07 Å². The van der Waals surface area contributed by atoms with E-state index in [1.165, 1.54) is 0 Å². The molecule has 0 amide bonds. The summed E-state index contributed by atoms with van der Waals surface area (Å²) in [4.78, 5) is 0. The predicted octanol–water partition coefficient (Wildman–Crippen LogP) is 5.17. The molecule has 0 heterocycles. The highest BCUT2D eigenvalue weighted by Crippen LogP contribution is 2.28. The molecule has 0 saturated heterocycles. The summed E-state index contributed by atoms with van der Waals surface area (Å²) < 4.78 is 14.2. The molecule has 21 heavy (non-hydrogen) atoms. The zero-order chi connectivity index (χ0) is 15.4. The van der Waals surface area contributed by atoms with Gasteiger partial charge in [-0.15, -0.1) is 0 Å². The number of halogens is 1. The molecular formula is C19H24FN. The Morgan fingerprint density at radius 2 is 1.71 bits per heavy atom. The Hall–Kier alpha value is -1.67. The van der Waals surface area contributed by atoms with Gasteiger partial charge in [0, 0.05) is 11.6 Å². The van der Waals surface area contributed by atoms with Crippen molar-refractivity contribution < 1.29 is 4.39 Å². The summed E-state index contributed by atoms with van der Waals surface area (Å²) in [6, 6.07) is 11.8. The van der Waals surface area contributed by atoms with Crippen molar-refractivity contribution in [3.63, 3.8) is 0 Å². The summed E-state index contributed by atoms with van der Waals surface area (Å²) in [5.41, 5.74) is 5.08. The van der Waals surface area contributed by atoms with Crippen LogP contribution >= 0.6 is 0 Å². The first kappa shape index (κ1) is 15.7. The van der Waals surface area contributed by atoms with Gasteiger partial charge in [-0.2, -0.15) is 0 Å². The number of nitrogens with one attached hydrogen (secondary N) is 1. The second-order valence-electron chi connectivity index (χ2n) is 5.79. The minimum absolute atomic E-state index is 0.161. The largest absolute Gasteiger partial charge is 0.310 e. The molecule has 1 nitrogen and oxygen atoms in total. The summed E-state index contributed by atoms with van der Waals surface area (Å²) in [6.45, 7) is 9.32. The van der Waals surface area contributed by atoms with Crippen LogP contribution in [0.3, 0.4) is 0 Å². The van der Waals surface area contributed by atoms with E-state index in [-0.39, 0.29) is 11.9 Å². The normalized spacial score (nSPS) is 12.4. The summed E-state index contributed by atoms with van der Waals surface area (Å²) in [6.07, 6.45) is 1.09. The van der Waals surface area contributed by atoms with Crippen molar-refractivity contribution in [2.24, 2.45) is 0 Å². The quantitative estimate of drug-likeness (QED) is 0.799. The first-order valence-electron chi connectivity index (χ1n) is 7.62. The number of rotatable bonds is 5. The molecule has 2 aromatic rings. The Kier molecular flexibility index (Phi) is 5.13. The van der Waals surface area contributed by atoms with Gasteiger partial charge in [0.15, 0.2) is 0 Å². The van der Waals surface area contributed by atoms with Crippen LogP contribution in [0.2, 0.25) is 0 Å². The third-order valence-corrected chi connectivity index (χ3v) is 3.72. The van der Waals surface area contributed by atoms with Crippen molar-refractivity contribution in [3.8, 4) is 11.1 Å². The molecule has 0 spiro atoms. The van der Waals surface area contributed by atoms with Gasteiger partial charge in [0.05, 0.1) is 0 Å². The monoisotopic (exact) mass is 285 g/mol. The molecule has 1 unspecified atom stereocenters. The zero-order valence-corrected chi connectivity index (χ0v) is 13.3. The predicted molar refractivity (Wildman–Crippen MR) is 88.0 cm³/mol. The number of benzene rings is 2. The van der Waals surface area contributed by atoms with Crippen LogP contribution in [0.5, 0.6) is 0 Å². The first-order chi connectivity index (χ1) is 10.0. The molecular weight excluding hydrogens is 261 g/mol. The van der Waals surface area contributed by atoms with Crippen LogP contribution in [0.15, 0.2) is 36.4 Å². The smallest absolute Gasteiger partial charge is 0.131 e. The van der Waals surface area contributed by atoms with E-state index in [0.717, 1.165) is 35.2 Å². The molecule has 1 atom stereocenters. The fourth-order valence-corrected chi connectivity index (χ4v) is 2.64. The second kappa shape index (κ2) is 6.86. The molecule has 0 aliphatic heterocycles. The number of hydrogen-bond donors (Lipinski definition) is 1. The topological polar surface area (TPSA) is 12.0 Å². The Bertz CT molecular complexity index is 599. The molecule has 1 N–H and O–H groups in total. The fraction of sp³-hybridized carbons (Fsp3) is 0.368. The standard InChI is InChI=1S/C19H24FN/c1-5-8-21-15(4)16-6-7-19(20)18(12-16)17-10-13(2)9-14(3)11-17/h6-7,9-12,15,21H,5,8H2,1-4H3. The van der Waals surface area contributed by atoms with Gasteiger partial charge in [0.25, 0.3) is 0 Å². The molecule has 0 radical (unpaired) electrons. The maximum Gasteiger partial charge on any atom is 0.131 e. The van der Waals surface area contributed by atoms with Crippen LogP contribution in [-0.2, 0) is 0 Å². The van der Waals surface area contributed by atoms with Gasteiger partial charge in [-0.25, -0.2) is 4.39 Å². The number of aryl methyl sites for hydroxylation is 2. The Morgan fingerprint density at radius 3 is 2.33 bits per heavy atom. The first-order valence-corrected chi connectivity index (χ1v) is 7.62. The molecule has 112 valence electrons. The van der Waals surface area contributed by atoms with Gasteiger partial charge in [-0.3, -0.25) is 0 Å². The second-order valence-corrected chi connectivity index (χ2v) is 5.79. The summed E-state index contributed by atoms with van der Waals surface area (Å²) in [5.74, 6) is -0.161. The van der Waals surface area contributed by atoms with Crippen LogP contribution in [0.4, 0.5) is 4.39 Å². The minimum Gasteiger partial charge on any atom is -0.310 e. The van der Waals surface area contributed by atoms with Crippen molar-refractivity contribution >= 4 is 0 Å². The zero-order valence-electron chi connectivity index (χ0n) is 13.3. The van der Waals surface area contributed by atoms with Crippen LogP contribution < -0.4 is 5.32 Å². The average Bonchev–Trinajstić information content (AvgIpc) is 2.44. The summed E-state index contributed by atoms with van der Waals surface area (Å²) >= 11 is 0. The van der Waals surface area contributed by atoms with Crippen molar-refractivity contribution in [2.75, 3.05) is 6.54 Å². The van der Waals surface area contributed by atoms with Crippen molar-refractivity contribution in [3.05, 3.63) is 58.9 Å². The van der Waals surface area contributed by atoms with E-state index in [9.17, 15) is 4.39 Å². The van der Waals surface area contributed by atoms with Gasteiger partial charge in [-0.05, 0) is 57.0 Å². The highest BCUT2D eigenvalue weighted by molar-refractivity contribution is 5.66. The third kappa shape index (κ3) is 3.92.